The first kappa shape index (κ1) is 41.2. The second-order valence-electron chi connectivity index (χ2n) is 18.1. The second-order valence-corrected chi connectivity index (χ2v) is 18.1. The number of hydrogen-bond donors (Lipinski definition) is 7. The number of aliphatic carboxylic acids is 4. The summed E-state index contributed by atoms with van der Waals surface area (Å²) in [6.45, 7) is 3.31. The monoisotopic (exact) mass is 785 g/mol. The molecule has 1 amide bonds. The van der Waals surface area contributed by atoms with Gasteiger partial charge in [-0.2, -0.15) is 0 Å². The SMILES string of the molecule is NCCNC(=O)C1CC2CN3C[C@H]4C[C@@H](C(=O)[O-])CC(N4)C4C[C@@H](C(=O)[O-])C[C@@H](CN(CC(C1)N2)C[C@H]1CC(C(=O)[O-])CC(N1)C1CC(C(=O)[O-])C[C@@H](C3)N1)N4. The highest BCUT2D eigenvalue weighted by atomic mass is 16.4. The van der Waals surface area contributed by atoms with Gasteiger partial charge in [-0.15, -0.1) is 0 Å². The topological polar surface area (TPSA) is 282 Å². The summed E-state index contributed by atoms with van der Waals surface area (Å²) in [5.74, 6) is -8.03. The van der Waals surface area contributed by atoms with Crippen LogP contribution in [0.15, 0.2) is 0 Å². The Morgan fingerprint density at radius 2 is 0.714 bits per heavy atom. The summed E-state index contributed by atoms with van der Waals surface area (Å²) in [5.41, 5.74) is 5.74. The Morgan fingerprint density at radius 3 is 0.982 bits per heavy atom. The predicted octanol–water partition coefficient (Wildman–Crippen LogP) is -7.62. The van der Waals surface area contributed by atoms with Crippen LogP contribution in [0.3, 0.4) is 0 Å². The van der Waals surface area contributed by atoms with Crippen molar-refractivity contribution in [2.24, 2.45) is 35.3 Å². The molecular weight excluding hydrogens is 726 g/mol. The van der Waals surface area contributed by atoms with E-state index in [1.165, 1.54) is 0 Å². The predicted molar refractivity (Wildman–Crippen MR) is 192 cm³/mol. The third-order valence-corrected chi connectivity index (χ3v) is 13.8. The number of fused-ring (bicyclic) bond motifs is 12. The van der Waals surface area contributed by atoms with E-state index in [2.05, 4.69) is 41.7 Å². The summed E-state index contributed by atoms with van der Waals surface area (Å²) in [7, 11) is 0. The van der Waals surface area contributed by atoms with Crippen LogP contribution in [-0.2, 0) is 24.0 Å². The van der Waals surface area contributed by atoms with Gasteiger partial charge in [0.2, 0.25) is 5.91 Å². The zero-order chi connectivity index (χ0) is 39.7. The number of amides is 1. The Morgan fingerprint density at radius 1 is 0.446 bits per heavy atom. The number of nitrogens with two attached hydrogens (primary N) is 1. The van der Waals surface area contributed by atoms with Crippen molar-refractivity contribution in [2.75, 3.05) is 52.4 Å². The minimum atomic E-state index is -1.14. The molecule has 18 nitrogen and oxygen atoms in total. The Labute approximate surface area is 327 Å². The fourth-order valence-electron chi connectivity index (χ4n) is 11.5. The van der Waals surface area contributed by atoms with Crippen molar-refractivity contribution in [2.45, 2.75) is 125 Å². The van der Waals surface area contributed by atoms with E-state index in [1.54, 1.807) is 0 Å². The molecule has 7 fully saturated rings. The third kappa shape index (κ3) is 10.00. The molecule has 12 bridgehead atoms. The van der Waals surface area contributed by atoms with Gasteiger partial charge < -0.3 is 77.2 Å². The zero-order valence-corrected chi connectivity index (χ0v) is 32.0. The van der Waals surface area contributed by atoms with Crippen LogP contribution in [0.1, 0.15) is 64.2 Å². The smallest absolute Gasteiger partial charge is 0.223 e. The van der Waals surface area contributed by atoms with Crippen molar-refractivity contribution in [1.29, 1.82) is 0 Å². The van der Waals surface area contributed by atoms with Crippen LogP contribution in [0.25, 0.3) is 0 Å². The molecule has 7 aliphatic rings. The minimum Gasteiger partial charge on any atom is -0.550 e. The molecule has 0 radical (unpaired) electrons. The number of piperidine rings is 5. The average Bonchev–Trinajstić information content (AvgIpc) is 3.15. The lowest BCUT2D eigenvalue weighted by atomic mass is 9.78. The quantitative estimate of drug-likeness (QED) is 0.126. The maximum Gasteiger partial charge on any atom is 0.223 e. The van der Waals surface area contributed by atoms with E-state index in [0.29, 0.717) is 90.9 Å². The van der Waals surface area contributed by atoms with Crippen molar-refractivity contribution in [1.82, 2.24) is 41.7 Å². The summed E-state index contributed by atoms with van der Waals surface area (Å²) < 4.78 is 0. The van der Waals surface area contributed by atoms with E-state index in [-0.39, 0.29) is 97.9 Å². The number of hydrogen-bond acceptors (Lipinski definition) is 17. The standard InChI is InChI=1S/C38H63N9O9/c39-1-2-40-34(48)19-3-24-13-46-15-26-5-20(35(49)50)9-30(42-26)32-11-22(37(53)54)7-28(44-32)17-47(14-25(4-19)41-24)18-29-8-23(38(55)56)12-33(45-29)31-10-21(36(51)52)6-27(16-46)43-31/h19-33,41-45H,1-18,39H2,(H,40,48)(H,49,50)(H,51,52)(H,53,54)(H,55,56)/p-4/t19?,20-,21?,22+,23?,24?,25?,26-,27+,28+,29-,30?,31?,32?,33?. The van der Waals surface area contributed by atoms with Crippen molar-refractivity contribution < 1.29 is 44.4 Å². The summed E-state index contributed by atoms with van der Waals surface area (Å²) in [4.78, 5) is 68.2. The maximum absolute atomic E-state index is 13.6. The highest BCUT2D eigenvalue weighted by Crippen LogP contribution is 2.33. The molecule has 7 heterocycles. The molecule has 7 saturated heterocycles. The molecule has 0 aromatic rings. The highest BCUT2D eigenvalue weighted by molar-refractivity contribution is 5.79. The normalized spacial score (nSPS) is 44.3. The van der Waals surface area contributed by atoms with Gasteiger partial charge in [0.25, 0.3) is 0 Å². The van der Waals surface area contributed by atoms with Crippen molar-refractivity contribution in [3.63, 3.8) is 0 Å². The van der Waals surface area contributed by atoms with Gasteiger partial charge in [-0.05, 0) is 64.2 Å². The van der Waals surface area contributed by atoms with Crippen LogP contribution in [-0.4, -0.2) is 152 Å². The van der Waals surface area contributed by atoms with Gasteiger partial charge in [-0.25, -0.2) is 0 Å². The van der Waals surface area contributed by atoms with E-state index >= 15 is 0 Å². The van der Waals surface area contributed by atoms with Crippen LogP contribution < -0.4 is 58.1 Å². The summed E-state index contributed by atoms with van der Waals surface area (Å²) in [6, 6.07) is -3.01. The van der Waals surface area contributed by atoms with Crippen LogP contribution in [0.2, 0.25) is 0 Å². The molecule has 56 heavy (non-hydrogen) atoms. The highest BCUT2D eigenvalue weighted by Gasteiger charge is 2.44. The molecular formula is C38H59N9O9-4. The van der Waals surface area contributed by atoms with E-state index in [4.69, 9.17) is 5.73 Å². The molecule has 17 atom stereocenters. The van der Waals surface area contributed by atoms with Gasteiger partial charge >= 0.3 is 0 Å². The molecule has 0 aromatic heterocycles. The van der Waals surface area contributed by atoms with Crippen LogP contribution >= 0.6 is 0 Å². The fourth-order valence-corrected chi connectivity index (χ4v) is 11.5. The molecule has 0 aromatic carbocycles. The van der Waals surface area contributed by atoms with Gasteiger partial charge in [0.05, 0.1) is 0 Å². The largest absolute Gasteiger partial charge is 0.550 e. The molecule has 0 saturated carbocycles. The van der Waals surface area contributed by atoms with E-state index in [9.17, 15) is 44.4 Å². The van der Waals surface area contributed by atoms with Crippen LogP contribution in [0, 0.1) is 29.6 Å². The second kappa shape index (κ2) is 17.9. The summed E-state index contributed by atoms with van der Waals surface area (Å²) in [6.07, 6.45) is 3.39. The maximum atomic E-state index is 13.6. The third-order valence-electron chi connectivity index (χ3n) is 13.8. The molecule has 0 aliphatic carbocycles. The van der Waals surface area contributed by atoms with Crippen molar-refractivity contribution in [3.8, 4) is 0 Å². The van der Waals surface area contributed by atoms with Gasteiger partial charge in [0.15, 0.2) is 0 Å². The number of carboxylic acid groups (broad SMARTS) is 4. The minimum absolute atomic E-state index is 0.0785. The molecule has 7 aliphatic heterocycles. The number of carboxylic acids is 4. The molecule has 18 heteroatoms. The first-order valence-electron chi connectivity index (χ1n) is 20.9. The van der Waals surface area contributed by atoms with E-state index < -0.39 is 47.5 Å². The number of carbonyl (C=O) groups excluding carboxylic acids is 5. The molecule has 0 spiro atoms. The molecule has 8 N–H and O–H groups in total. The number of rotatable bonds is 7. The zero-order valence-electron chi connectivity index (χ0n) is 32.0. The van der Waals surface area contributed by atoms with E-state index in [1.807, 2.05) is 0 Å². The first-order valence-corrected chi connectivity index (χ1v) is 20.9. The Bertz CT molecular complexity index is 1280. The lowest BCUT2D eigenvalue weighted by Gasteiger charge is -2.49. The summed E-state index contributed by atoms with van der Waals surface area (Å²) >= 11 is 0. The molecule has 314 valence electrons. The number of nitrogens with zero attached hydrogens (tertiary/aromatic N) is 2. The Hall–Kier alpha value is -2.97. The Balaban J connectivity index is 1.31. The van der Waals surface area contributed by atoms with E-state index in [0.717, 1.165) is 0 Å². The summed E-state index contributed by atoms with van der Waals surface area (Å²) in [5, 5.41) is 71.8. The van der Waals surface area contributed by atoms with Gasteiger partial charge in [-0.1, -0.05) is 0 Å². The van der Waals surface area contributed by atoms with Gasteiger partial charge in [0.1, 0.15) is 0 Å². The number of carbonyl (C=O) groups is 5. The average molecular weight is 786 g/mol. The number of nitrogens with one attached hydrogen (secondary N) is 6. The molecule has 7 rings (SSSR count). The van der Waals surface area contributed by atoms with Gasteiger partial charge in [-0.3, -0.25) is 14.6 Å². The van der Waals surface area contributed by atoms with Gasteiger partial charge in [0, 0.05) is 166 Å². The fraction of sp³-hybridized carbons (Fsp3) is 0.868. The lowest BCUT2D eigenvalue weighted by molar-refractivity contribution is -0.315. The molecule has 11 unspecified atom stereocenters. The first-order chi connectivity index (χ1) is 26.8. The van der Waals surface area contributed by atoms with Crippen LogP contribution in [0.4, 0.5) is 0 Å². The van der Waals surface area contributed by atoms with Crippen molar-refractivity contribution >= 4 is 29.8 Å². The lowest BCUT2D eigenvalue weighted by Crippen LogP contribution is -2.66. The van der Waals surface area contributed by atoms with Crippen LogP contribution in [0.5, 0.6) is 0 Å². The van der Waals surface area contributed by atoms with Crippen molar-refractivity contribution in [3.05, 3.63) is 0 Å². The Kier molecular flexibility index (Phi) is 13.2.